The Balaban J connectivity index is 1.86. The third-order valence-corrected chi connectivity index (χ3v) is 6.29. The largest absolute Gasteiger partial charge is 0.465 e. The fourth-order valence-corrected chi connectivity index (χ4v) is 4.58. The van der Waals surface area contributed by atoms with E-state index in [2.05, 4.69) is 60.3 Å². The topological polar surface area (TPSA) is 84.1 Å². The molecule has 0 aliphatic rings. The van der Waals surface area contributed by atoms with Crippen LogP contribution in [0, 0.1) is 12.8 Å². The molecular formula is C22H27N3O3S. The van der Waals surface area contributed by atoms with Crippen molar-refractivity contribution in [2.75, 3.05) is 7.11 Å². The van der Waals surface area contributed by atoms with E-state index in [4.69, 9.17) is 4.74 Å². The molecule has 0 fully saturated rings. The van der Waals surface area contributed by atoms with Crippen molar-refractivity contribution in [2.45, 2.75) is 46.7 Å². The summed E-state index contributed by atoms with van der Waals surface area (Å²) in [7, 11) is 1.33. The van der Waals surface area contributed by atoms with Crippen molar-refractivity contribution < 1.29 is 9.53 Å². The summed E-state index contributed by atoms with van der Waals surface area (Å²) in [6, 6.07) is 8.75. The fourth-order valence-electron chi connectivity index (χ4n) is 3.47. The van der Waals surface area contributed by atoms with Crippen LogP contribution in [0.2, 0.25) is 0 Å². The number of H-pyrrole nitrogens is 1. The van der Waals surface area contributed by atoms with Crippen molar-refractivity contribution in [1.82, 2.24) is 15.3 Å². The lowest BCUT2D eigenvalue weighted by Gasteiger charge is -2.23. The van der Waals surface area contributed by atoms with Gasteiger partial charge in [0.05, 0.1) is 19.0 Å². The molecule has 0 aliphatic carbocycles. The minimum absolute atomic E-state index is 0.137. The standard InChI is InChI=1S/C22H27N3O3S/c1-6-14-7-9-15(10-8-14)18(12(2)3)23-11-16-24-20(26)17-13(4)19(22(27)28-5)29-21(17)25-16/h7-10,12,18,23H,6,11H2,1-5H3,(H,24,25,26)/t18-/m0/s1. The highest BCUT2D eigenvalue weighted by atomic mass is 32.1. The molecule has 3 rings (SSSR count). The van der Waals surface area contributed by atoms with Gasteiger partial charge in [0.25, 0.3) is 5.56 Å². The monoisotopic (exact) mass is 413 g/mol. The first-order valence-corrected chi connectivity index (χ1v) is 10.6. The van der Waals surface area contributed by atoms with Gasteiger partial charge in [0.2, 0.25) is 0 Å². The minimum atomic E-state index is -0.444. The van der Waals surface area contributed by atoms with Gasteiger partial charge in [-0.2, -0.15) is 0 Å². The zero-order valence-electron chi connectivity index (χ0n) is 17.5. The molecule has 2 N–H and O–H groups in total. The Morgan fingerprint density at radius 2 is 1.97 bits per heavy atom. The summed E-state index contributed by atoms with van der Waals surface area (Å²) < 4.78 is 4.81. The molecule has 2 aromatic heterocycles. The molecule has 1 atom stereocenters. The number of aromatic nitrogens is 2. The fraction of sp³-hybridized carbons (Fsp3) is 0.409. The van der Waals surface area contributed by atoms with Crippen molar-refractivity contribution >= 4 is 27.5 Å². The van der Waals surface area contributed by atoms with E-state index in [0.717, 1.165) is 6.42 Å². The van der Waals surface area contributed by atoms with Crippen LogP contribution in [0.25, 0.3) is 10.2 Å². The van der Waals surface area contributed by atoms with Crippen LogP contribution in [-0.4, -0.2) is 23.0 Å². The Bertz CT molecular complexity index is 1070. The second-order valence-corrected chi connectivity index (χ2v) is 8.44. The quantitative estimate of drug-likeness (QED) is 0.569. The lowest BCUT2D eigenvalue weighted by atomic mass is 9.95. The molecule has 3 aromatic rings. The molecule has 0 saturated carbocycles. The van der Waals surface area contributed by atoms with Crippen LogP contribution in [0.3, 0.4) is 0 Å². The van der Waals surface area contributed by atoms with Crippen LogP contribution in [0.5, 0.6) is 0 Å². The van der Waals surface area contributed by atoms with Gasteiger partial charge in [-0.05, 0) is 36.0 Å². The number of hydrogen-bond donors (Lipinski definition) is 2. The first kappa shape index (κ1) is 21.2. The van der Waals surface area contributed by atoms with E-state index in [1.807, 2.05) is 0 Å². The number of carbonyl (C=O) groups excluding carboxylic acids is 1. The number of benzene rings is 1. The maximum absolute atomic E-state index is 12.6. The van der Waals surface area contributed by atoms with Crippen molar-refractivity contribution in [3.63, 3.8) is 0 Å². The molecule has 0 saturated heterocycles. The van der Waals surface area contributed by atoms with Gasteiger partial charge in [-0.1, -0.05) is 45.0 Å². The Labute approximate surface area is 174 Å². The zero-order valence-corrected chi connectivity index (χ0v) is 18.3. The molecule has 2 heterocycles. The molecular weight excluding hydrogens is 386 g/mol. The number of esters is 1. The lowest BCUT2D eigenvalue weighted by molar-refractivity contribution is 0.0605. The number of methoxy groups -OCH3 is 1. The number of hydrogen-bond acceptors (Lipinski definition) is 6. The Hall–Kier alpha value is -2.51. The van der Waals surface area contributed by atoms with Crippen LogP contribution >= 0.6 is 11.3 Å². The normalized spacial score (nSPS) is 12.5. The van der Waals surface area contributed by atoms with Gasteiger partial charge in [0.1, 0.15) is 15.5 Å². The molecule has 0 radical (unpaired) electrons. The van der Waals surface area contributed by atoms with E-state index in [0.29, 0.717) is 38.9 Å². The summed E-state index contributed by atoms with van der Waals surface area (Å²) in [6.45, 7) is 8.64. The third kappa shape index (κ3) is 4.41. The van der Waals surface area contributed by atoms with Crippen LogP contribution in [0.4, 0.5) is 0 Å². The summed E-state index contributed by atoms with van der Waals surface area (Å²) in [6.07, 6.45) is 1.01. The molecule has 6 nitrogen and oxygen atoms in total. The van der Waals surface area contributed by atoms with Crippen molar-refractivity contribution in [1.29, 1.82) is 0 Å². The number of aryl methyl sites for hydroxylation is 2. The van der Waals surface area contributed by atoms with Gasteiger partial charge in [-0.15, -0.1) is 11.3 Å². The van der Waals surface area contributed by atoms with Crippen molar-refractivity contribution in [3.05, 3.63) is 62.0 Å². The van der Waals surface area contributed by atoms with Gasteiger partial charge in [0, 0.05) is 6.04 Å². The Morgan fingerprint density at radius 3 is 2.55 bits per heavy atom. The minimum Gasteiger partial charge on any atom is -0.465 e. The van der Waals surface area contributed by atoms with E-state index in [-0.39, 0.29) is 11.6 Å². The number of ether oxygens (including phenoxy) is 1. The average Bonchev–Trinajstić information content (AvgIpc) is 3.04. The second-order valence-electron chi connectivity index (χ2n) is 7.44. The highest BCUT2D eigenvalue weighted by Gasteiger charge is 2.20. The lowest BCUT2D eigenvalue weighted by Crippen LogP contribution is -2.27. The summed E-state index contributed by atoms with van der Waals surface area (Å²) in [5, 5.41) is 3.97. The van der Waals surface area contributed by atoms with Gasteiger partial charge < -0.3 is 15.0 Å². The molecule has 0 unspecified atom stereocenters. The molecule has 1 aromatic carbocycles. The average molecular weight is 414 g/mol. The van der Waals surface area contributed by atoms with Gasteiger partial charge in [0.15, 0.2) is 0 Å². The maximum atomic E-state index is 12.6. The first-order chi connectivity index (χ1) is 13.8. The molecule has 7 heteroatoms. The van der Waals surface area contributed by atoms with Gasteiger partial charge in [-0.25, -0.2) is 9.78 Å². The molecule has 0 bridgehead atoms. The third-order valence-electron chi connectivity index (χ3n) is 5.12. The van der Waals surface area contributed by atoms with E-state index < -0.39 is 5.97 Å². The van der Waals surface area contributed by atoms with Crippen LogP contribution in [0.1, 0.15) is 59.0 Å². The predicted octanol–water partition coefficient (Wildman–Crippen LogP) is 4.13. The SMILES string of the molecule is CCc1ccc([C@@H](NCc2nc3sc(C(=O)OC)c(C)c3c(=O)[nH]2)C(C)C)cc1. The number of nitrogens with one attached hydrogen (secondary N) is 2. The molecule has 0 amide bonds. The van der Waals surface area contributed by atoms with E-state index in [9.17, 15) is 9.59 Å². The number of aromatic amines is 1. The number of nitrogens with zero attached hydrogens (tertiary/aromatic N) is 1. The summed E-state index contributed by atoms with van der Waals surface area (Å²) >= 11 is 1.19. The van der Waals surface area contributed by atoms with Crippen molar-refractivity contribution in [3.8, 4) is 0 Å². The number of rotatable bonds is 7. The summed E-state index contributed by atoms with van der Waals surface area (Å²) in [5.74, 6) is 0.476. The Kier molecular flexibility index (Phi) is 6.49. The molecule has 29 heavy (non-hydrogen) atoms. The number of fused-ring (bicyclic) bond motifs is 1. The van der Waals surface area contributed by atoms with E-state index in [1.165, 1.54) is 29.6 Å². The smallest absolute Gasteiger partial charge is 0.348 e. The first-order valence-electron chi connectivity index (χ1n) is 9.78. The van der Waals surface area contributed by atoms with Gasteiger partial charge >= 0.3 is 5.97 Å². The number of carbonyl (C=O) groups is 1. The van der Waals surface area contributed by atoms with E-state index >= 15 is 0 Å². The summed E-state index contributed by atoms with van der Waals surface area (Å²) in [4.78, 5) is 32.9. The Morgan fingerprint density at radius 1 is 1.28 bits per heavy atom. The highest BCUT2D eigenvalue weighted by molar-refractivity contribution is 7.20. The highest BCUT2D eigenvalue weighted by Crippen LogP contribution is 2.28. The van der Waals surface area contributed by atoms with E-state index in [1.54, 1.807) is 6.92 Å². The summed E-state index contributed by atoms with van der Waals surface area (Å²) in [5.41, 5.74) is 2.90. The van der Waals surface area contributed by atoms with Crippen LogP contribution in [-0.2, 0) is 17.7 Å². The van der Waals surface area contributed by atoms with Crippen LogP contribution in [0.15, 0.2) is 29.1 Å². The maximum Gasteiger partial charge on any atom is 0.348 e. The molecule has 0 aliphatic heterocycles. The molecule has 0 spiro atoms. The van der Waals surface area contributed by atoms with Crippen molar-refractivity contribution in [2.24, 2.45) is 5.92 Å². The predicted molar refractivity (Wildman–Crippen MR) is 117 cm³/mol. The molecule has 154 valence electrons. The van der Waals surface area contributed by atoms with Crippen LogP contribution < -0.4 is 10.9 Å². The van der Waals surface area contributed by atoms with Gasteiger partial charge in [-0.3, -0.25) is 4.79 Å². The second kappa shape index (κ2) is 8.88. The number of thiophene rings is 1. The zero-order chi connectivity index (χ0) is 21.1.